The number of benzene rings is 1. The summed E-state index contributed by atoms with van der Waals surface area (Å²) in [5.41, 5.74) is 2.25. The van der Waals surface area contributed by atoms with Gasteiger partial charge in [0.1, 0.15) is 12.0 Å². The lowest BCUT2D eigenvalue weighted by molar-refractivity contribution is -0.117. The number of rotatable bonds is 5. The number of hydrogen-bond acceptors (Lipinski definition) is 6. The summed E-state index contributed by atoms with van der Waals surface area (Å²) in [5.74, 6) is 0.516. The Kier molecular flexibility index (Phi) is 5.96. The molecular weight excluding hydrogens is 380 g/mol. The molecule has 2 aliphatic heterocycles. The number of aromatic nitrogens is 1. The molecule has 0 aliphatic carbocycles. The largest absolute Gasteiger partial charge is 0.335 e. The highest BCUT2D eigenvalue weighted by Gasteiger charge is 2.30. The first-order chi connectivity index (χ1) is 14.5. The normalized spacial score (nSPS) is 19.9. The zero-order chi connectivity index (χ0) is 21.1. The van der Waals surface area contributed by atoms with Gasteiger partial charge in [-0.3, -0.25) is 14.5 Å². The van der Waals surface area contributed by atoms with Gasteiger partial charge in [0, 0.05) is 45.1 Å². The van der Waals surface area contributed by atoms with Crippen LogP contribution in [0.2, 0.25) is 0 Å². The summed E-state index contributed by atoms with van der Waals surface area (Å²) in [5, 5.41) is 5.98. The van der Waals surface area contributed by atoms with Crippen LogP contribution in [0.4, 0.5) is 11.5 Å². The molecular formula is C22H28N6O2. The second-order valence-electron chi connectivity index (χ2n) is 7.74. The molecule has 0 unspecified atom stereocenters. The van der Waals surface area contributed by atoms with Gasteiger partial charge in [-0.15, -0.1) is 0 Å². The fourth-order valence-corrected chi connectivity index (χ4v) is 4.00. The summed E-state index contributed by atoms with van der Waals surface area (Å²) in [6.07, 6.45) is 1.38. The second kappa shape index (κ2) is 8.81. The average Bonchev–Trinajstić information content (AvgIpc) is 2.77. The fourth-order valence-electron chi connectivity index (χ4n) is 4.00. The number of hydrogen-bond donors (Lipinski definition) is 2. The monoisotopic (exact) mass is 408 g/mol. The Morgan fingerprint density at radius 1 is 1.13 bits per heavy atom. The van der Waals surface area contributed by atoms with E-state index < -0.39 is 0 Å². The van der Waals surface area contributed by atoms with Crippen LogP contribution in [0.25, 0.3) is 0 Å². The quantitative estimate of drug-likeness (QED) is 0.781. The molecule has 2 aliphatic rings. The minimum Gasteiger partial charge on any atom is -0.335 e. The molecule has 0 radical (unpaired) electrons. The standard InChI is InChI=1S/C22H28N6O2/c1-3-27-11-13-28(14-12-27)15-19(29)24-17-8-6-16(7-9-17)20-25-22(30)18-5-4-10-23-21(18)26(20)2/h4-10,20H,3,11-15H2,1-2H3,(H,24,29)(H,25,30)/t20-/m0/s1. The van der Waals surface area contributed by atoms with E-state index in [1.807, 2.05) is 36.2 Å². The van der Waals surface area contributed by atoms with Gasteiger partial charge in [-0.25, -0.2) is 4.98 Å². The number of piperazine rings is 1. The molecule has 0 saturated carbocycles. The van der Waals surface area contributed by atoms with Crippen molar-refractivity contribution in [2.24, 2.45) is 0 Å². The van der Waals surface area contributed by atoms with E-state index in [2.05, 4.69) is 32.3 Å². The van der Waals surface area contributed by atoms with Crippen LogP contribution in [0.15, 0.2) is 42.6 Å². The maximum atomic E-state index is 12.4. The molecule has 2 amide bonds. The van der Waals surface area contributed by atoms with Gasteiger partial charge in [-0.05, 0) is 36.4 Å². The van der Waals surface area contributed by atoms with Crippen molar-refractivity contribution in [2.75, 3.05) is 56.5 Å². The number of carbonyl (C=O) groups excluding carboxylic acids is 2. The van der Waals surface area contributed by atoms with Gasteiger partial charge in [0.15, 0.2) is 0 Å². The highest BCUT2D eigenvalue weighted by molar-refractivity contribution is 6.01. The van der Waals surface area contributed by atoms with Gasteiger partial charge in [0.05, 0.1) is 12.1 Å². The molecule has 3 heterocycles. The molecule has 1 aromatic heterocycles. The van der Waals surface area contributed by atoms with Gasteiger partial charge < -0.3 is 20.4 Å². The van der Waals surface area contributed by atoms with Crippen LogP contribution < -0.4 is 15.5 Å². The van der Waals surface area contributed by atoms with Crippen LogP contribution in [0.1, 0.15) is 29.0 Å². The van der Waals surface area contributed by atoms with Crippen molar-refractivity contribution in [3.05, 3.63) is 53.7 Å². The summed E-state index contributed by atoms with van der Waals surface area (Å²) in [4.78, 5) is 35.7. The first-order valence-corrected chi connectivity index (χ1v) is 10.4. The number of nitrogens with one attached hydrogen (secondary N) is 2. The van der Waals surface area contributed by atoms with Crippen molar-refractivity contribution in [1.82, 2.24) is 20.1 Å². The third-order valence-electron chi connectivity index (χ3n) is 5.81. The molecule has 2 aromatic rings. The molecule has 30 heavy (non-hydrogen) atoms. The lowest BCUT2D eigenvalue weighted by Gasteiger charge is -2.35. The molecule has 1 saturated heterocycles. The van der Waals surface area contributed by atoms with Gasteiger partial charge in [-0.2, -0.15) is 0 Å². The summed E-state index contributed by atoms with van der Waals surface area (Å²) in [6.45, 7) is 7.49. The Morgan fingerprint density at radius 3 is 2.53 bits per heavy atom. The van der Waals surface area contributed by atoms with Gasteiger partial charge in [0.2, 0.25) is 5.91 Å². The lowest BCUT2D eigenvalue weighted by atomic mass is 10.1. The van der Waals surface area contributed by atoms with Crippen molar-refractivity contribution in [3.8, 4) is 0 Å². The van der Waals surface area contributed by atoms with Crippen LogP contribution in [0.5, 0.6) is 0 Å². The van der Waals surface area contributed by atoms with E-state index >= 15 is 0 Å². The predicted octanol–water partition coefficient (Wildman–Crippen LogP) is 1.54. The third kappa shape index (κ3) is 4.29. The van der Waals surface area contributed by atoms with Crippen molar-refractivity contribution >= 4 is 23.3 Å². The zero-order valence-electron chi connectivity index (χ0n) is 17.5. The molecule has 0 spiro atoms. The van der Waals surface area contributed by atoms with E-state index in [1.54, 1.807) is 18.3 Å². The first-order valence-electron chi connectivity index (χ1n) is 10.4. The Balaban J connectivity index is 1.36. The third-order valence-corrected chi connectivity index (χ3v) is 5.81. The Hall–Kier alpha value is -2.97. The van der Waals surface area contributed by atoms with E-state index in [-0.39, 0.29) is 18.0 Å². The van der Waals surface area contributed by atoms with Crippen LogP contribution in [0, 0.1) is 0 Å². The van der Waals surface area contributed by atoms with Crippen molar-refractivity contribution in [3.63, 3.8) is 0 Å². The number of anilines is 2. The maximum Gasteiger partial charge on any atom is 0.256 e. The minimum absolute atomic E-state index is 0.00564. The van der Waals surface area contributed by atoms with Crippen molar-refractivity contribution in [1.29, 1.82) is 0 Å². The molecule has 1 aromatic carbocycles. The van der Waals surface area contributed by atoms with Crippen LogP contribution in [0.3, 0.4) is 0 Å². The highest BCUT2D eigenvalue weighted by Crippen LogP contribution is 2.30. The topological polar surface area (TPSA) is 80.8 Å². The van der Waals surface area contributed by atoms with Crippen LogP contribution in [-0.4, -0.2) is 72.9 Å². The second-order valence-corrected chi connectivity index (χ2v) is 7.74. The Bertz CT molecular complexity index is 908. The lowest BCUT2D eigenvalue weighted by Crippen LogP contribution is -2.48. The Labute approximate surface area is 176 Å². The number of nitrogens with zero attached hydrogens (tertiary/aromatic N) is 4. The molecule has 8 nitrogen and oxygen atoms in total. The average molecular weight is 409 g/mol. The van der Waals surface area contributed by atoms with E-state index in [1.165, 1.54) is 0 Å². The van der Waals surface area contributed by atoms with E-state index in [4.69, 9.17) is 0 Å². The molecule has 158 valence electrons. The van der Waals surface area contributed by atoms with E-state index in [9.17, 15) is 9.59 Å². The van der Waals surface area contributed by atoms with Gasteiger partial charge in [-0.1, -0.05) is 19.1 Å². The number of carbonyl (C=O) groups is 2. The van der Waals surface area contributed by atoms with Gasteiger partial charge >= 0.3 is 0 Å². The summed E-state index contributed by atoms with van der Waals surface area (Å²) >= 11 is 0. The SMILES string of the molecule is CCN1CCN(CC(=O)Nc2ccc([C@H]3NC(=O)c4cccnc4N3C)cc2)CC1. The molecule has 1 fully saturated rings. The molecule has 2 N–H and O–H groups in total. The van der Waals surface area contributed by atoms with Crippen LogP contribution >= 0.6 is 0 Å². The number of fused-ring (bicyclic) bond motifs is 1. The molecule has 1 atom stereocenters. The summed E-state index contributed by atoms with van der Waals surface area (Å²) < 4.78 is 0. The van der Waals surface area contributed by atoms with Gasteiger partial charge in [0.25, 0.3) is 5.91 Å². The highest BCUT2D eigenvalue weighted by atomic mass is 16.2. The number of amides is 2. The Morgan fingerprint density at radius 2 is 1.83 bits per heavy atom. The van der Waals surface area contributed by atoms with Crippen molar-refractivity contribution < 1.29 is 9.59 Å². The predicted molar refractivity (Wildman–Crippen MR) is 116 cm³/mol. The van der Waals surface area contributed by atoms with E-state index in [0.717, 1.165) is 44.0 Å². The molecule has 4 rings (SSSR count). The number of pyridine rings is 1. The van der Waals surface area contributed by atoms with Crippen molar-refractivity contribution in [2.45, 2.75) is 13.1 Å². The minimum atomic E-state index is -0.306. The smallest absolute Gasteiger partial charge is 0.256 e. The maximum absolute atomic E-state index is 12.4. The summed E-state index contributed by atoms with van der Waals surface area (Å²) in [7, 11) is 1.91. The molecule has 8 heteroatoms. The summed E-state index contributed by atoms with van der Waals surface area (Å²) in [6, 6.07) is 11.1. The molecule has 0 bridgehead atoms. The van der Waals surface area contributed by atoms with E-state index in [0.29, 0.717) is 17.9 Å². The number of likely N-dealkylation sites (N-methyl/N-ethyl adjacent to an activating group) is 1. The zero-order valence-corrected chi connectivity index (χ0v) is 17.5. The fraction of sp³-hybridized carbons (Fsp3) is 0.409. The first kappa shape index (κ1) is 20.3. The van der Waals surface area contributed by atoms with Crippen LogP contribution in [-0.2, 0) is 4.79 Å².